The van der Waals surface area contributed by atoms with Gasteiger partial charge >= 0.3 is 11.9 Å². The highest BCUT2D eigenvalue weighted by molar-refractivity contribution is 9.10. The van der Waals surface area contributed by atoms with Crippen LogP contribution in [-0.2, 0) is 14.3 Å². The van der Waals surface area contributed by atoms with Crippen LogP contribution < -0.4 is 4.74 Å². The summed E-state index contributed by atoms with van der Waals surface area (Å²) in [4.78, 5) is 23.2. The van der Waals surface area contributed by atoms with Crippen LogP contribution in [0.4, 0.5) is 0 Å². The number of hydrogen-bond acceptors (Lipinski definition) is 4. The molecule has 0 saturated heterocycles. The summed E-state index contributed by atoms with van der Waals surface area (Å²) in [6, 6.07) is 6.96. The minimum Gasteiger partial charge on any atom is -0.466 e. The smallest absolute Gasteiger partial charge is 0.311 e. The van der Waals surface area contributed by atoms with Crippen LogP contribution in [-0.4, -0.2) is 18.5 Å². The Morgan fingerprint density at radius 2 is 1.52 bits per heavy atom. The molecule has 0 radical (unpaired) electrons. The van der Waals surface area contributed by atoms with E-state index in [4.69, 9.17) is 9.47 Å². The Labute approximate surface area is 146 Å². The summed E-state index contributed by atoms with van der Waals surface area (Å²) < 4.78 is 11.2. The number of esters is 2. The van der Waals surface area contributed by atoms with E-state index < -0.39 is 5.97 Å². The molecule has 0 saturated carbocycles. The van der Waals surface area contributed by atoms with Gasteiger partial charge in [0.25, 0.3) is 0 Å². The molecule has 0 aliphatic carbocycles. The summed E-state index contributed by atoms with van der Waals surface area (Å²) >= 11 is 3.31. The van der Waals surface area contributed by atoms with E-state index in [0.29, 0.717) is 12.4 Å². The first-order valence-electron chi connectivity index (χ1n) is 8.23. The number of ether oxygens (including phenoxy) is 2. The maximum absolute atomic E-state index is 11.6. The number of hydrogen-bond donors (Lipinski definition) is 0. The number of unbranched alkanes of at least 4 members (excludes halogenated alkanes) is 5. The van der Waals surface area contributed by atoms with E-state index in [1.807, 2.05) is 0 Å². The van der Waals surface area contributed by atoms with Crippen LogP contribution in [0.1, 0.15) is 58.3 Å². The van der Waals surface area contributed by atoms with Crippen LogP contribution in [0.5, 0.6) is 5.75 Å². The van der Waals surface area contributed by atoms with E-state index in [-0.39, 0.29) is 18.8 Å². The van der Waals surface area contributed by atoms with E-state index in [0.717, 1.165) is 17.3 Å². The molecule has 0 aliphatic heterocycles. The lowest BCUT2D eigenvalue weighted by molar-refractivity contribution is -0.147. The monoisotopic (exact) mass is 384 g/mol. The molecule has 0 N–H and O–H groups in total. The van der Waals surface area contributed by atoms with Crippen molar-refractivity contribution < 1.29 is 19.1 Å². The summed E-state index contributed by atoms with van der Waals surface area (Å²) in [7, 11) is 0. The average molecular weight is 385 g/mol. The molecule has 0 amide bonds. The minimum atomic E-state index is -0.427. The average Bonchev–Trinajstić information content (AvgIpc) is 2.54. The van der Waals surface area contributed by atoms with Crippen molar-refractivity contribution in [2.75, 3.05) is 6.61 Å². The van der Waals surface area contributed by atoms with Gasteiger partial charge in [0.2, 0.25) is 0 Å². The summed E-state index contributed by atoms with van der Waals surface area (Å²) in [6.45, 7) is 2.62. The largest absolute Gasteiger partial charge is 0.466 e. The Bertz CT molecular complexity index is 470. The van der Waals surface area contributed by atoms with Crippen LogP contribution in [0.25, 0.3) is 0 Å². The van der Waals surface area contributed by atoms with Crippen molar-refractivity contribution >= 4 is 27.9 Å². The molecule has 128 valence electrons. The topological polar surface area (TPSA) is 52.6 Å². The van der Waals surface area contributed by atoms with Gasteiger partial charge in [0, 0.05) is 4.47 Å². The van der Waals surface area contributed by atoms with Crippen molar-refractivity contribution in [3.05, 3.63) is 28.7 Å². The van der Waals surface area contributed by atoms with Gasteiger partial charge in [-0.3, -0.25) is 9.59 Å². The standard InChI is InChI=1S/C18H25BrO4/c1-2-3-4-5-6-7-14-22-17(20)12-13-18(21)23-16-10-8-15(19)9-11-16/h8-11H,2-7,12-14H2,1H3. The highest BCUT2D eigenvalue weighted by Gasteiger charge is 2.10. The Hall–Kier alpha value is -1.36. The van der Waals surface area contributed by atoms with Crippen LogP contribution in [0, 0.1) is 0 Å². The number of carbonyl (C=O) groups is 2. The highest BCUT2D eigenvalue weighted by Crippen LogP contribution is 2.16. The zero-order chi connectivity index (χ0) is 16.9. The van der Waals surface area contributed by atoms with E-state index in [1.54, 1.807) is 24.3 Å². The third-order valence-electron chi connectivity index (χ3n) is 3.34. The Morgan fingerprint density at radius 1 is 0.913 bits per heavy atom. The molecular weight excluding hydrogens is 360 g/mol. The quantitative estimate of drug-likeness (QED) is 0.304. The maximum atomic E-state index is 11.6. The number of benzene rings is 1. The number of halogens is 1. The molecular formula is C18H25BrO4. The van der Waals surface area contributed by atoms with E-state index in [9.17, 15) is 9.59 Å². The van der Waals surface area contributed by atoms with Gasteiger partial charge < -0.3 is 9.47 Å². The fraction of sp³-hybridized carbons (Fsp3) is 0.556. The van der Waals surface area contributed by atoms with Gasteiger partial charge in [0.15, 0.2) is 0 Å². The fourth-order valence-electron chi connectivity index (χ4n) is 2.03. The van der Waals surface area contributed by atoms with Crippen molar-refractivity contribution in [3.63, 3.8) is 0 Å². The van der Waals surface area contributed by atoms with E-state index in [2.05, 4.69) is 22.9 Å². The lowest BCUT2D eigenvalue weighted by Crippen LogP contribution is -2.12. The van der Waals surface area contributed by atoms with Gasteiger partial charge in [-0.2, -0.15) is 0 Å². The second-order valence-electron chi connectivity index (χ2n) is 5.42. The molecule has 1 aromatic carbocycles. The Morgan fingerprint density at radius 3 is 2.22 bits per heavy atom. The Kier molecular flexibility index (Phi) is 10.4. The van der Waals surface area contributed by atoms with Crippen molar-refractivity contribution in [2.24, 2.45) is 0 Å². The van der Waals surface area contributed by atoms with Gasteiger partial charge in [-0.05, 0) is 30.7 Å². The van der Waals surface area contributed by atoms with Gasteiger partial charge in [0.05, 0.1) is 19.4 Å². The fourth-order valence-corrected chi connectivity index (χ4v) is 2.29. The van der Waals surface area contributed by atoms with Gasteiger partial charge in [0.1, 0.15) is 5.75 Å². The van der Waals surface area contributed by atoms with Crippen LogP contribution >= 0.6 is 15.9 Å². The first-order chi connectivity index (χ1) is 11.1. The number of carbonyl (C=O) groups excluding carboxylic acids is 2. The normalized spacial score (nSPS) is 10.3. The molecule has 23 heavy (non-hydrogen) atoms. The third kappa shape index (κ3) is 10.1. The summed E-state index contributed by atoms with van der Waals surface area (Å²) in [6.07, 6.45) is 6.98. The zero-order valence-electron chi connectivity index (χ0n) is 13.7. The lowest BCUT2D eigenvalue weighted by Gasteiger charge is -2.06. The lowest BCUT2D eigenvalue weighted by atomic mass is 10.1. The molecule has 0 heterocycles. The maximum Gasteiger partial charge on any atom is 0.311 e. The highest BCUT2D eigenvalue weighted by atomic mass is 79.9. The van der Waals surface area contributed by atoms with Crippen LogP contribution in [0.15, 0.2) is 28.7 Å². The third-order valence-corrected chi connectivity index (χ3v) is 3.87. The molecule has 0 unspecified atom stereocenters. The van der Waals surface area contributed by atoms with Crippen molar-refractivity contribution in [1.82, 2.24) is 0 Å². The van der Waals surface area contributed by atoms with E-state index in [1.165, 1.54) is 25.7 Å². The van der Waals surface area contributed by atoms with Crippen LogP contribution in [0.3, 0.4) is 0 Å². The first-order valence-corrected chi connectivity index (χ1v) is 9.03. The molecule has 0 atom stereocenters. The Balaban J connectivity index is 2.06. The summed E-state index contributed by atoms with van der Waals surface area (Å²) in [5.74, 6) is -0.297. The van der Waals surface area contributed by atoms with Gasteiger partial charge in [-0.1, -0.05) is 55.0 Å². The second-order valence-corrected chi connectivity index (χ2v) is 6.33. The summed E-state index contributed by atoms with van der Waals surface area (Å²) in [5, 5.41) is 0. The molecule has 0 fully saturated rings. The zero-order valence-corrected chi connectivity index (χ0v) is 15.3. The van der Waals surface area contributed by atoms with Crippen molar-refractivity contribution in [1.29, 1.82) is 0 Å². The van der Waals surface area contributed by atoms with Crippen LogP contribution in [0.2, 0.25) is 0 Å². The molecule has 0 aromatic heterocycles. The summed E-state index contributed by atoms with van der Waals surface area (Å²) in [5.41, 5.74) is 0. The molecule has 1 aromatic rings. The van der Waals surface area contributed by atoms with E-state index >= 15 is 0 Å². The van der Waals surface area contributed by atoms with Crippen molar-refractivity contribution in [3.8, 4) is 5.75 Å². The van der Waals surface area contributed by atoms with Gasteiger partial charge in [-0.25, -0.2) is 0 Å². The number of rotatable bonds is 11. The molecule has 5 heteroatoms. The SMILES string of the molecule is CCCCCCCCOC(=O)CCC(=O)Oc1ccc(Br)cc1. The van der Waals surface area contributed by atoms with Gasteiger partial charge in [-0.15, -0.1) is 0 Å². The molecule has 0 bridgehead atoms. The molecule has 0 aliphatic rings. The first kappa shape index (κ1) is 19.7. The molecule has 4 nitrogen and oxygen atoms in total. The predicted octanol–water partition coefficient (Wildman–Crippen LogP) is 5.04. The minimum absolute atomic E-state index is 0.0331. The molecule has 0 spiro atoms. The van der Waals surface area contributed by atoms with Crippen molar-refractivity contribution in [2.45, 2.75) is 58.3 Å². The second kappa shape index (κ2) is 12.1. The predicted molar refractivity (Wildman–Crippen MR) is 93.3 cm³/mol. The molecule has 1 rings (SSSR count).